The summed E-state index contributed by atoms with van der Waals surface area (Å²) in [5, 5.41) is 3.52. The normalized spacial score (nSPS) is 23.4. The molecule has 1 aliphatic rings. The zero-order valence-corrected chi connectivity index (χ0v) is 13.7. The molecule has 2 rings (SSSR count). The van der Waals surface area contributed by atoms with Gasteiger partial charge in [-0.2, -0.15) is 0 Å². The number of nitrogens with one attached hydrogen (secondary N) is 2. The number of halogens is 1. The Labute approximate surface area is 131 Å². The van der Waals surface area contributed by atoms with Crippen molar-refractivity contribution in [1.82, 2.24) is 0 Å². The van der Waals surface area contributed by atoms with Gasteiger partial charge in [0, 0.05) is 5.02 Å². The van der Waals surface area contributed by atoms with E-state index in [2.05, 4.69) is 12.2 Å². The van der Waals surface area contributed by atoms with Gasteiger partial charge < -0.3 is 15.0 Å². The number of anilines is 1. The lowest BCUT2D eigenvalue weighted by Crippen LogP contribution is -3.17. The predicted octanol–water partition coefficient (Wildman–Crippen LogP) is 1.99. The highest BCUT2D eigenvalue weighted by Crippen LogP contribution is 2.27. The van der Waals surface area contributed by atoms with E-state index >= 15 is 0 Å². The number of methoxy groups -OCH3 is 1. The molecule has 1 aliphatic heterocycles. The fourth-order valence-corrected chi connectivity index (χ4v) is 2.94. The van der Waals surface area contributed by atoms with Gasteiger partial charge in [-0.15, -0.1) is 0 Å². The molecular weight excluding hydrogens is 288 g/mol. The summed E-state index contributed by atoms with van der Waals surface area (Å²) in [5.74, 6) is 1.42. The molecule has 1 atom stereocenters. The van der Waals surface area contributed by atoms with Crippen LogP contribution in [0.2, 0.25) is 5.02 Å². The van der Waals surface area contributed by atoms with Gasteiger partial charge in [-0.25, -0.2) is 0 Å². The van der Waals surface area contributed by atoms with Gasteiger partial charge in [-0.3, -0.25) is 4.79 Å². The molecule has 1 amide bonds. The average Bonchev–Trinajstić information content (AvgIpc) is 2.47. The van der Waals surface area contributed by atoms with Crippen LogP contribution in [0.1, 0.15) is 26.7 Å². The molecular formula is C16H24ClN2O2+. The molecule has 0 bridgehead atoms. The molecule has 0 spiro atoms. The molecule has 1 fully saturated rings. The van der Waals surface area contributed by atoms with Crippen molar-refractivity contribution in [3.8, 4) is 5.75 Å². The van der Waals surface area contributed by atoms with Crippen LogP contribution in [0.25, 0.3) is 0 Å². The van der Waals surface area contributed by atoms with E-state index < -0.39 is 0 Å². The molecule has 116 valence electrons. The van der Waals surface area contributed by atoms with E-state index in [4.69, 9.17) is 16.3 Å². The van der Waals surface area contributed by atoms with Crippen LogP contribution in [-0.4, -0.2) is 32.1 Å². The predicted molar refractivity (Wildman–Crippen MR) is 85.2 cm³/mol. The fraction of sp³-hybridized carbons (Fsp3) is 0.562. The number of quaternary nitrogens is 1. The highest BCUT2D eigenvalue weighted by atomic mass is 35.5. The molecule has 5 heteroatoms. The highest BCUT2D eigenvalue weighted by molar-refractivity contribution is 6.31. The van der Waals surface area contributed by atoms with Gasteiger partial charge in [-0.1, -0.05) is 18.5 Å². The van der Waals surface area contributed by atoms with Crippen LogP contribution in [0.5, 0.6) is 5.75 Å². The summed E-state index contributed by atoms with van der Waals surface area (Å²) < 4.78 is 5.26. The first kappa shape index (κ1) is 16.1. The first-order valence-electron chi connectivity index (χ1n) is 7.50. The van der Waals surface area contributed by atoms with Gasteiger partial charge in [0.25, 0.3) is 5.91 Å². The number of piperidine rings is 1. The first-order chi connectivity index (χ1) is 10.0. The van der Waals surface area contributed by atoms with Crippen molar-refractivity contribution in [2.24, 2.45) is 5.92 Å². The third kappa shape index (κ3) is 4.11. The molecule has 0 unspecified atom stereocenters. The van der Waals surface area contributed by atoms with Crippen molar-refractivity contribution < 1.29 is 14.4 Å². The Balaban J connectivity index is 2.02. The van der Waals surface area contributed by atoms with E-state index in [1.807, 2.05) is 6.92 Å². The standard InChI is InChI=1S/C16H23ClN2O2/c1-11-6-8-19(9-7-11)12(2)16(20)18-14-10-13(17)4-5-15(14)21-3/h4-5,10-12H,6-9H2,1-3H3,(H,18,20)/p+1/t12-/m1/s1. The van der Waals surface area contributed by atoms with E-state index in [1.165, 1.54) is 17.7 Å². The molecule has 4 nitrogen and oxygen atoms in total. The lowest BCUT2D eigenvalue weighted by molar-refractivity contribution is -0.919. The molecule has 0 aromatic heterocycles. The van der Waals surface area contributed by atoms with Crippen molar-refractivity contribution in [2.75, 3.05) is 25.5 Å². The number of carbonyl (C=O) groups is 1. The summed E-state index contributed by atoms with van der Waals surface area (Å²) in [5.41, 5.74) is 0.631. The summed E-state index contributed by atoms with van der Waals surface area (Å²) >= 11 is 5.99. The lowest BCUT2D eigenvalue weighted by atomic mass is 9.98. The Hall–Kier alpha value is -1.26. The van der Waals surface area contributed by atoms with Gasteiger partial charge in [-0.05, 0) is 43.9 Å². The van der Waals surface area contributed by atoms with Crippen LogP contribution in [0.3, 0.4) is 0 Å². The number of amides is 1. The third-order valence-corrected chi connectivity index (χ3v) is 4.58. The number of hydrogen-bond donors (Lipinski definition) is 2. The second-order valence-electron chi connectivity index (χ2n) is 5.90. The van der Waals surface area contributed by atoms with E-state index in [0.29, 0.717) is 16.5 Å². The average molecular weight is 312 g/mol. The van der Waals surface area contributed by atoms with E-state index in [1.54, 1.807) is 25.3 Å². The van der Waals surface area contributed by atoms with Gasteiger partial charge in [0.15, 0.2) is 6.04 Å². The summed E-state index contributed by atoms with van der Waals surface area (Å²) in [4.78, 5) is 13.8. The quantitative estimate of drug-likeness (QED) is 0.893. The van der Waals surface area contributed by atoms with Crippen molar-refractivity contribution in [3.05, 3.63) is 23.2 Å². The summed E-state index contributed by atoms with van der Waals surface area (Å²) in [6.45, 7) is 6.38. The van der Waals surface area contributed by atoms with Gasteiger partial charge in [0.1, 0.15) is 5.75 Å². The smallest absolute Gasteiger partial charge is 0.282 e. The molecule has 1 heterocycles. The minimum Gasteiger partial charge on any atom is -0.495 e. The monoisotopic (exact) mass is 311 g/mol. The molecule has 1 saturated heterocycles. The number of ether oxygens (including phenoxy) is 1. The molecule has 0 radical (unpaired) electrons. The maximum Gasteiger partial charge on any atom is 0.282 e. The Kier molecular flexibility index (Phi) is 5.48. The van der Waals surface area contributed by atoms with E-state index in [9.17, 15) is 4.79 Å². The zero-order valence-electron chi connectivity index (χ0n) is 12.9. The largest absolute Gasteiger partial charge is 0.495 e. The van der Waals surface area contributed by atoms with E-state index in [0.717, 1.165) is 19.0 Å². The van der Waals surface area contributed by atoms with Crippen LogP contribution in [0, 0.1) is 5.92 Å². The number of hydrogen-bond acceptors (Lipinski definition) is 2. The minimum atomic E-state index is -0.0683. The Morgan fingerprint density at radius 3 is 2.71 bits per heavy atom. The SMILES string of the molecule is COc1ccc(Cl)cc1NC(=O)[C@@H](C)[NH+]1CCC(C)CC1. The minimum absolute atomic E-state index is 0.0140. The van der Waals surface area contributed by atoms with Crippen LogP contribution in [-0.2, 0) is 4.79 Å². The number of rotatable bonds is 4. The lowest BCUT2D eigenvalue weighted by Gasteiger charge is -2.31. The molecule has 2 N–H and O–H groups in total. The van der Waals surface area contributed by atoms with Crippen molar-refractivity contribution in [3.63, 3.8) is 0 Å². The molecule has 1 aromatic rings. The van der Waals surface area contributed by atoms with E-state index in [-0.39, 0.29) is 11.9 Å². The highest BCUT2D eigenvalue weighted by Gasteiger charge is 2.29. The zero-order chi connectivity index (χ0) is 15.4. The second-order valence-corrected chi connectivity index (χ2v) is 6.33. The number of benzene rings is 1. The van der Waals surface area contributed by atoms with Crippen molar-refractivity contribution in [1.29, 1.82) is 0 Å². The Bertz CT molecular complexity index is 499. The van der Waals surface area contributed by atoms with Gasteiger partial charge in [0.05, 0.1) is 25.9 Å². The van der Waals surface area contributed by atoms with Crippen LogP contribution in [0.15, 0.2) is 18.2 Å². The summed E-state index contributed by atoms with van der Waals surface area (Å²) in [7, 11) is 1.58. The third-order valence-electron chi connectivity index (χ3n) is 4.34. The second kappa shape index (κ2) is 7.14. The van der Waals surface area contributed by atoms with Crippen molar-refractivity contribution in [2.45, 2.75) is 32.7 Å². The summed E-state index contributed by atoms with van der Waals surface area (Å²) in [6, 6.07) is 5.16. The molecule has 0 aliphatic carbocycles. The topological polar surface area (TPSA) is 42.8 Å². The van der Waals surface area contributed by atoms with Crippen LogP contribution < -0.4 is 15.0 Å². The maximum absolute atomic E-state index is 12.4. The van der Waals surface area contributed by atoms with Crippen molar-refractivity contribution >= 4 is 23.2 Å². The van der Waals surface area contributed by atoms with Gasteiger partial charge >= 0.3 is 0 Å². The van der Waals surface area contributed by atoms with Gasteiger partial charge in [0.2, 0.25) is 0 Å². The maximum atomic E-state index is 12.4. The Morgan fingerprint density at radius 2 is 2.10 bits per heavy atom. The fourth-order valence-electron chi connectivity index (χ4n) is 2.77. The molecule has 1 aromatic carbocycles. The summed E-state index contributed by atoms with van der Waals surface area (Å²) in [6.07, 6.45) is 2.38. The molecule has 21 heavy (non-hydrogen) atoms. The van der Waals surface area contributed by atoms with Crippen LogP contribution >= 0.6 is 11.6 Å². The first-order valence-corrected chi connectivity index (χ1v) is 7.88. The number of likely N-dealkylation sites (tertiary alicyclic amines) is 1. The Morgan fingerprint density at radius 1 is 1.43 bits per heavy atom. The van der Waals surface area contributed by atoms with Crippen LogP contribution in [0.4, 0.5) is 5.69 Å². The molecule has 0 saturated carbocycles. The number of carbonyl (C=O) groups excluding carboxylic acids is 1.